The first-order valence-corrected chi connectivity index (χ1v) is 7.90. The van der Waals surface area contributed by atoms with Gasteiger partial charge >= 0.3 is 0 Å². The summed E-state index contributed by atoms with van der Waals surface area (Å²) in [6.45, 7) is 1.93. The van der Waals surface area contributed by atoms with Crippen LogP contribution in [0, 0.1) is 0 Å². The molecule has 0 aliphatic carbocycles. The fraction of sp³-hybridized carbons (Fsp3) is 0.200. The van der Waals surface area contributed by atoms with Crippen LogP contribution < -0.4 is 5.73 Å². The molecular weight excluding hydrogens is 380 g/mol. The Kier molecular flexibility index (Phi) is 5.04. The first-order chi connectivity index (χ1) is 9.29. The normalized spacial score (nSPS) is 14.1. The van der Waals surface area contributed by atoms with Crippen molar-refractivity contribution in [3.05, 3.63) is 67.1 Å². The van der Waals surface area contributed by atoms with Gasteiger partial charge in [0.1, 0.15) is 0 Å². The van der Waals surface area contributed by atoms with Crippen LogP contribution in [0.15, 0.2) is 40.9 Å². The molecule has 0 heterocycles. The Balaban J connectivity index is 2.37. The Bertz CT molecular complexity index is 641. The Morgan fingerprint density at radius 3 is 2.40 bits per heavy atom. The number of hydrogen-bond acceptors (Lipinski definition) is 1. The number of hydrogen-bond donors (Lipinski definition) is 1. The molecule has 0 aliphatic heterocycles. The average Bonchev–Trinajstić information content (AvgIpc) is 2.33. The van der Waals surface area contributed by atoms with Gasteiger partial charge in [0.2, 0.25) is 0 Å². The van der Waals surface area contributed by atoms with Gasteiger partial charge in [-0.05, 0) is 54.8 Å². The Morgan fingerprint density at radius 1 is 1.05 bits per heavy atom. The van der Waals surface area contributed by atoms with Crippen molar-refractivity contribution in [1.29, 1.82) is 0 Å². The summed E-state index contributed by atoms with van der Waals surface area (Å²) in [7, 11) is 0. The molecule has 0 bridgehead atoms. The van der Waals surface area contributed by atoms with Crippen molar-refractivity contribution in [1.82, 2.24) is 0 Å². The first-order valence-electron chi connectivity index (χ1n) is 5.98. The molecule has 0 fully saturated rings. The van der Waals surface area contributed by atoms with Gasteiger partial charge in [0.15, 0.2) is 0 Å². The topological polar surface area (TPSA) is 26.0 Å². The van der Waals surface area contributed by atoms with Crippen LogP contribution in [-0.4, -0.2) is 0 Å². The molecule has 0 saturated carbocycles. The molecule has 1 atom stereocenters. The standard InChI is InChI=1S/C15H13BrCl3N/c1-15(20,12-4-2-10(16)7-14(12)19)8-9-6-11(17)3-5-13(9)18/h2-7H,8,20H2,1H3. The van der Waals surface area contributed by atoms with Crippen molar-refractivity contribution in [2.45, 2.75) is 18.9 Å². The summed E-state index contributed by atoms with van der Waals surface area (Å²) >= 11 is 21.9. The highest BCUT2D eigenvalue weighted by atomic mass is 79.9. The predicted molar refractivity (Wildman–Crippen MR) is 90.9 cm³/mol. The molecule has 1 nitrogen and oxygen atoms in total. The van der Waals surface area contributed by atoms with E-state index in [0.717, 1.165) is 15.6 Å². The fourth-order valence-corrected chi connectivity index (χ4v) is 3.39. The van der Waals surface area contributed by atoms with Crippen molar-refractivity contribution in [3.63, 3.8) is 0 Å². The van der Waals surface area contributed by atoms with Gasteiger partial charge < -0.3 is 5.73 Å². The summed E-state index contributed by atoms with van der Waals surface area (Å²) in [6.07, 6.45) is 0.549. The zero-order valence-electron chi connectivity index (χ0n) is 10.8. The molecule has 2 N–H and O–H groups in total. The molecule has 0 aromatic heterocycles. The van der Waals surface area contributed by atoms with E-state index < -0.39 is 5.54 Å². The highest BCUT2D eigenvalue weighted by Gasteiger charge is 2.25. The average molecular weight is 394 g/mol. The second-order valence-corrected chi connectivity index (χ2v) is 7.12. The minimum absolute atomic E-state index is 0.549. The second kappa shape index (κ2) is 6.25. The summed E-state index contributed by atoms with van der Waals surface area (Å²) in [5, 5.41) is 1.92. The van der Waals surface area contributed by atoms with E-state index in [1.165, 1.54) is 0 Å². The van der Waals surface area contributed by atoms with Gasteiger partial charge in [-0.15, -0.1) is 0 Å². The number of benzene rings is 2. The Labute approximate surface area is 142 Å². The molecule has 0 amide bonds. The lowest BCUT2D eigenvalue weighted by Gasteiger charge is -2.27. The van der Waals surface area contributed by atoms with Crippen molar-refractivity contribution >= 4 is 50.7 Å². The van der Waals surface area contributed by atoms with Crippen LogP contribution in [-0.2, 0) is 12.0 Å². The maximum Gasteiger partial charge on any atom is 0.0467 e. The zero-order valence-corrected chi connectivity index (χ0v) is 14.6. The van der Waals surface area contributed by atoms with Crippen LogP contribution >= 0.6 is 50.7 Å². The highest BCUT2D eigenvalue weighted by molar-refractivity contribution is 9.10. The molecule has 2 aromatic rings. The fourth-order valence-electron chi connectivity index (χ4n) is 2.12. The molecule has 0 aliphatic rings. The van der Waals surface area contributed by atoms with E-state index in [9.17, 15) is 0 Å². The molecule has 20 heavy (non-hydrogen) atoms. The number of nitrogens with two attached hydrogens (primary N) is 1. The molecule has 106 valence electrons. The van der Waals surface area contributed by atoms with E-state index >= 15 is 0 Å². The molecule has 1 unspecified atom stereocenters. The van der Waals surface area contributed by atoms with Crippen LogP contribution in [0.25, 0.3) is 0 Å². The largest absolute Gasteiger partial charge is 0.321 e. The summed E-state index contributed by atoms with van der Waals surface area (Å²) in [4.78, 5) is 0. The summed E-state index contributed by atoms with van der Waals surface area (Å²) in [5.74, 6) is 0. The lowest BCUT2D eigenvalue weighted by molar-refractivity contribution is 0.491. The smallest absolute Gasteiger partial charge is 0.0467 e. The van der Waals surface area contributed by atoms with Gasteiger partial charge in [0.25, 0.3) is 0 Å². The van der Waals surface area contributed by atoms with Crippen molar-refractivity contribution in [2.75, 3.05) is 0 Å². The second-order valence-electron chi connectivity index (χ2n) is 4.95. The first kappa shape index (κ1) is 16.1. The molecule has 0 saturated heterocycles. The van der Waals surface area contributed by atoms with E-state index in [-0.39, 0.29) is 0 Å². The summed E-state index contributed by atoms with van der Waals surface area (Å²) in [6, 6.07) is 11.0. The predicted octanol–water partition coefficient (Wildman–Crippen LogP) is 5.83. The van der Waals surface area contributed by atoms with E-state index in [0.29, 0.717) is 21.5 Å². The lowest BCUT2D eigenvalue weighted by Crippen LogP contribution is -2.35. The maximum atomic E-state index is 6.44. The number of halogens is 4. The third-order valence-corrected chi connectivity index (χ3v) is 4.52. The third kappa shape index (κ3) is 3.69. The lowest BCUT2D eigenvalue weighted by atomic mass is 9.86. The van der Waals surface area contributed by atoms with Crippen LogP contribution in [0.2, 0.25) is 15.1 Å². The minimum atomic E-state index is -0.633. The highest BCUT2D eigenvalue weighted by Crippen LogP contribution is 2.33. The van der Waals surface area contributed by atoms with Crippen molar-refractivity contribution in [3.8, 4) is 0 Å². The SMILES string of the molecule is CC(N)(Cc1cc(Cl)ccc1Cl)c1ccc(Br)cc1Cl. The van der Waals surface area contributed by atoms with Gasteiger partial charge in [-0.25, -0.2) is 0 Å². The van der Waals surface area contributed by atoms with Gasteiger partial charge in [0, 0.05) is 25.1 Å². The van der Waals surface area contributed by atoms with Crippen molar-refractivity contribution < 1.29 is 0 Å². The quantitative estimate of drug-likeness (QED) is 0.698. The van der Waals surface area contributed by atoms with E-state index in [1.54, 1.807) is 12.1 Å². The van der Waals surface area contributed by atoms with Crippen LogP contribution in [0.1, 0.15) is 18.1 Å². The molecular formula is C15H13BrCl3N. The van der Waals surface area contributed by atoms with Gasteiger partial charge in [-0.3, -0.25) is 0 Å². The Morgan fingerprint density at radius 2 is 1.75 bits per heavy atom. The monoisotopic (exact) mass is 391 g/mol. The van der Waals surface area contributed by atoms with Crippen LogP contribution in [0.4, 0.5) is 0 Å². The third-order valence-electron chi connectivity index (χ3n) is 3.11. The van der Waals surface area contributed by atoms with E-state index in [1.807, 2.05) is 31.2 Å². The Hall–Kier alpha value is -0.250. The van der Waals surface area contributed by atoms with E-state index in [4.69, 9.17) is 40.5 Å². The number of rotatable bonds is 3. The van der Waals surface area contributed by atoms with Gasteiger partial charge in [0.05, 0.1) is 0 Å². The molecule has 5 heteroatoms. The zero-order chi connectivity index (χ0) is 14.9. The van der Waals surface area contributed by atoms with Gasteiger partial charge in [-0.1, -0.05) is 56.8 Å². The molecule has 2 rings (SSSR count). The van der Waals surface area contributed by atoms with Crippen LogP contribution in [0.3, 0.4) is 0 Å². The molecule has 0 radical (unpaired) electrons. The summed E-state index contributed by atoms with van der Waals surface area (Å²) in [5.41, 5.74) is 7.58. The van der Waals surface area contributed by atoms with Crippen molar-refractivity contribution in [2.24, 2.45) is 5.73 Å². The summed E-state index contributed by atoms with van der Waals surface area (Å²) < 4.78 is 0.919. The molecule has 0 spiro atoms. The maximum absolute atomic E-state index is 6.44. The van der Waals surface area contributed by atoms with Gasteiger partial charge in [-0.2, -0.15) is 0 Å². The minimum Gasteiger partial charge on any atom is -0.321 e. The van der Waals surface area contributed by atoms with Crippen LogP contribution in [0.5, 0.6) is 0 Å². The molecule has 2 aromatic carbocycles. The van der Waals surface area contributed by atoms with E-state index in [2.05, 4.69) is 15.9 Å².